The number of rotatable bonds is 6. The van der Waals surface area contributed by atoms with Crippen LogP contribution >= 0.6 is 0 Å². The summed E-state index contributed by atoms with van der Waals surface area (Å²) in [5.41, 5.74) is 0.837. The van der Waals surface area contributed by atoms with Crippen LogP contribution in [0.25, 0.3) is 0 Å². The Morgan fingerprint density at radius 1 is 1.00 bits per heavy atom. The Bertz CT molecular complexity index is 390. The first kappa shape index (κ1) is 14.4. The van der Waals surface area contributed by atoms with E-state index in [1.807, 2.05) is 0 Å². The topological polar surface area (TPSA) is 15.3 Å². The second-order valence-electron chi connectivity index (χ2n) is 5.15. The molecule has 0 atom stereocenters. The molecule has 1 heterocycles. The van der Waals surface area contributed by atoms with E-state index in [1.165, 1.54) is 44.5 Å². The monoisotopic (exact) mass is 268 g/mol. The smallest absolute Gasteiger partial charge is 0.159 e. The molecule has 1 aliphatic rings. The van der Waals surface area contributed by atoms with Gasteiger partial charge in [-0.15, -0.1) is 0 Å². The van der Waals surface area contributed by atoms with Crippen molar-refractivity contribution in [3.05, 3.63) is 35.4 Å². The van der Waals surface area contributed by atoms with Gasteiger partial charge in [0, 0.05) is 13.1 Å². The van der Waals surface area contributed by atoms with Crippen LogP contribution in [0.15, 0.2) is 18.2 Å². The van der Waals surface area contributed by atoms with Crippen LogP contribution in [0.1, 0.15) is 24.8 Å². The zero-order valence-electron chi connectivity index (χ0n) is 11.3. The molecule has 1 aromatic rings. The molecule has 0 spiro atoms. The molecule has 4 heteroatoms. The maximum atomic E-state index is 13.0. The Labute approximate surface area is 113 Å². The molecule has 1 N–H and O–H groups in total. The van der Waals surface area contributed by atoms with Crippen molar-refractivity contribution in [3.63, 3.8) is 0 Å². The Balaban J connectivity index is 1.59. The average Bonchev–Trinajstić information content (AvgIpc) is 2.43. The molecule has 1 aliphatic heterocycles. The van der Waals surface area contributed by atoms with Crippen molar-refractivity contribution in [2.75, 3.05) is 32.7 Å². The van der Waals surface area contributed by atoms with Crippen molar-refractivity contribution in [1.82, 2.24) is 10.2 Å². The largest absolute Gasteiger partial charge is 0.315 e. The first-order valence-electron chi connectivity index (χ1n) is 7.13. The van der Waals surface area contributed by atoms with E-state index in [2.05, 4.69) is 10.2 Å². The van der Waals surface area contributed by atoms with Crippen molar-refractivity contribution in [2.24, 2.45) is 0 Å². The van der Waals surface area contributed by atoms with Gasteiger partial charge in [0.2, 0.25) is 0 Å². The van der Waals surface area contributed by atoms with Gasteiger partial charge in [-0.05, 0) is 56.6 Å². The highest BCUT2D eigenvalue weighted by atomic mass is 19.2. The summed E-state index contributed by atoms with van der Waals surface area (Å²) in [6, 6.07) is 4.12. The minimum Gasteiger partial charge on any atom is -0.315 e. The Morgan fingerprint density at radius 3 is 2.53 bits per heavy atom. The minimum absolute atomic E-state index is 0.733. The van der Waals surface area contributed by atoms with E-state index in [0.717, 1.165) is 31.6 Å². The summed E-state index contributed by atoms with van der Waals surface area (Å²) in [5.74, 6) is -1.53. The zero-order valence-corrected chi connectivity index (χ0v) is 11.3. The lowest BCUT2D eigenvalue weighted by molar-refractivity contribution is 0.229. The van der Waals surface area contributed by atoms with E-state index in [1.54, 1.807) is 6.07 Å². The summed E-state index contributed by atoms with van der Waals surface area (Å²) in [6.45, 7) is 5.27. The van der Waals surface area contributed by atoms with Crippen LogP contribution in [0.3, 0.4) is 0 Å². The molecular formula is C15H22F2N2. The highest BCUT2D eigenvalue weighted by molar-refractivity contribution is 5.17. The Hall–Kier alpha value is -1.00. The predicted octanol–water partition coefficient (Wildman–Crippen LogP) is 2.58. The first-order chi connectivity index (χ1) is 9.25. The van der Waals surface area contributed by atoms with Crippen LogP contribution in [-0.2, 0) is 6.42 Å². The molecule has 0 radical (unpaired) electrons. The molecular weight excluding hydrogens is 246 g/mol. The predicted molar refractivity (Wildman–Crippen MR) is 73.2 cm³/mol. The third kappa shape index (κ3) is 4.88. The molecule has 1 aromatic carbocycles. The average molecular weight is 268 g/mol. The number of benzene rings is 1. The van der Waals surface area contributed by atoms with Gasteiger partial charge in [-0.2, -0.15) is 0 Å². The molecule has 0 bridgehead atoms. The van der Waals surface area contributed by atoms with Crippen LogP contribution in [0, 0.1) is 11.6 Å². The standard InChI is InChI=1S/C15H22F2N2/c16-14-5-4-13(12-15(14)17)6-7-18-8-11-19-9-2-1-3-10-19/h4-5,12,18H,1-3,6-11H2. The summed E-state index contributed by atoms with van der Waals surface area (Å²) in [5, 5.41) is 3.36. The van der Waals surface area contributed by atoms with Crippen LogP contribution in [-0.4, -0.2) is 37.6 Å². The molecule has 0 aliphatic carbocycles. The molecule has 0 unspecified atom stereocenters. The SMILES string of the molecule is Fc1ccc(CCNCCN2CCCCC2)cc1F. The lowest BCUT2D eigenvalue weighted by Gasteiger charge is -2.26. The molecule has 19 heavy (non-hydrogen) atoms. The maximum absolute atomic E-state index is 13.0. The molecule has 0 saturated carbocycles. The van der Waals surface area contributed by atoms with E-state index in [0.29, 0.717) is 0 Å². The van der Waals surface area contributed by atoms with Gasteiger partial charge in [-0.3, -0.25) is 0 Å². The Morgan fingerprint density at radius 2 is 1.79 bits per heavy atom. The molecule has 1 fully saturated rings. The van der Waals surface area contributed by atoms with Gasteiger partial charge in [0.05, 0.1) is 0 Å². The molecule has 0 aromatic heterocycles. The van der Waals surface area contributed by atoms with Gasteiger partial charge < -0.3 is 10.2 Å². The van der Waals surface area contributed by atoms with Crippen molar-refractivity contribution < 1.29 is 8.78 Å². The fourth-order valence-electron chi connectivity index (χ4n) is 2.47. The second kappa shape index (κ2) is 7.56. The van der Waals surface area contributed by atoms with Crippen LogP contribution < -0.4 is 5.32 Å². The van der Waals surface area contributed by atoms with Crippen LogP contribution in [0.5, 0.6) is 0 Å². The van der Waals surface area contributed by atoms with E-state index in [4.69, 9.17) is 0 Å². The van der Waals surface area contributed by atoms with Crippen molar-refractivity contribution in [1.29, 1.82) is 0 Å². The Kier molecular flexibility index (Phi) is 5.73. The molecule has 106 valence electrons. The van der Waals surface area contributed by atoms with Crippen molar-refractivity contribution in [3.8, 4) is 0 Å². The third-order valence-electron chi connectivity index (χ3n) is 3.63. The van der Waals surface area contributed by atoms with E-state index in [-0.39, 0.29) is 0 Å². The van der Waals surface area contributed by atoms with Gasteiger partial charge in [-0.1, -0.05) is 12.5 Å². The van der Waals surface area contributed by atoms with Crippen molar-refractivity contribution >= 4 is 0 Å². The summed E-state index contributed by atoms with van der Waals surface area (Å²) in [4.78, 5) is 2.48. The second-order valence-corrected chi connectivity index (χ2v) is 5.15. The zero-order chi connectivity index (χ0) is 13.5. The van der Waals surface area contributed by atoms with Gasteiger partial charge in [0.15, 0.2) is 11.6 Å². The normalized spacial score (nSPS) is 16.7. The van der Waals surface area contributed by atoms with Gasteiger partial charge in [0.25, 0.3) is 0 Å². The number of likely N-dealkylation sites (tertiary alicyclic amines) is 1. The van der Waals surface area contributed by atoms with E-state index < -0.39 is 11.6 Å². The molecule has 2 rings (SSSR count). The van der Waals surface area contributed by atoms with E-state index in [9.17, 15) is 8.78 Å². The first-order valence-corrected chi connectivity index (χ1v) is 7.13. The summed E-state index contributed by atoms with van der Waals surface area (Å²) >= 11 is 0. The number of nitrogens with one attached hydrogen (secondary N) is 1. The summed E-state index contributed by atoms with van der Waals surface area (Å²) in [6.07, 6.45) is 4.72. The molecule has 1 saturated heterocycles. The number of halogens is 2. The fourth-order valence-corrected chi connectivity index (χ4v) is 2.47. The molecule has 0 amide bonds. The summed E-state index contributed by atoms with van der Waals surface area (Å²) in [7, 11) is 0. The highest BCUT2D eigenvalue weighted by Crippen LogP contribution is 2.09. The van der Waals surface area contributed by atoms with Gasteiger partial charge in [-0.25, -0.2) is 8.78 Å². The van der Waals surface area contributed by atoms with E-state index >= 15 is 0 Å². The highest BCUT2D eigenvalue weighted by Gasteiger charge is 2.08. The van der Waals surface area contributed by atoms with Crippen LogP contribution in [0.4, 0.5) is 8.78 Å². The van der Waals surface area contributed by atoms with Gasteiger partial charge >= 0.3 is 0 Å². The minimum atomic E-state index is -0.776. The third-order valence-corrected chi connectivity index (χ3v) is 3.63. The lowest BCUT2D eigenvalue weighted by atomic mass is 10.1. The fraction of sp³-hybridized carbons (Fsp3) is 0.600. The number of hydrogen-bond donors (Lipinski definition) is 1. The molecule has 2 nitrogen and oxygen atoms in total. The number of hydrogen-bond acceptors (Lipinski definition) is 2. The van der Waals surface area contributed by atoms with Crippen molar-refractivity contribution in [2.45, 2.75) is 25.7 Å². The lowest BCUT2D eigenvalue weighted by Crippen LogP contribution is -2.36. The number of piperidine rings is 1. The quantitative estimate of drug-likeness (QED) is 0.798. The van der Waals surface area contributed by atoms with Crippen LogP contribution in [0.2, 0.25) is 0 Å². The summed E-state index contributed by atoms with van der Waals surface area (Å²) < 4.78 is 25.7. The maximum Gasteiger partial charge on any atom is 0.159 e. The van der Waals surface area contributed by atoms with Gasteiger partial charge in [0.1, 0.15) is 0 Å². The number of nitrogens with zero attached hydrogens (tertiary/aromatic N) is 1.